The first-order valence-corrected chi connectivity index (χ1v) is 7.87. The molecule has 0 fully saturated rings. The highest BCUT2D eigenvalue weighted by Gasteiger charge is 2.15. The quantitative estimate of drug-likeness (QED) is 0.382. The fourth-order valence-electron chi connectivity index (χ4n) is 2.84. The van der Waals surface area contributed by atoms with Crippen LogP contribution in [0.15, 0.2) is 71.2 Å². The Labute approximate surface area is 135 Å². The molecule has 3 aromatic carbocycles. The molecule has 0 saturated heterocycles. The molecule has 0 aliphatic carbocycles. The highest BCUT2D eigenvalue weighted by Crippen LogP contribution is 2.39. The first-order chi connectivity index (χ1) is 10.3. The summed E-state index contributed by atoms with van der Waals surface area (Å²) in [6.45, 7) is 0. The van der Waals surface area contributed by atoms with Crippen molar-refractivity contribution in [2.45, 2.75) is 0 Å². The molecule has 0 aliphatic rings. The lowest BCUT2D eigenvalue weighted by Crippen LogP contribution is -1.93. The molecule has 1 nitrogen and oxygen atoms in total. The van der Waals surface area contributed by atoms with Crippen LogP contribution < -0.4 is 0 Å². The highest BCUT2D eigenvalue weighted by atomic mass is 79.9. The van der Waals surface area contributed by atoms with Gasteiger partial charge >= 0.3 is 0 Å². The molecule has 0 radical (unpaired) electrons. The van der Waals surface area contributed by atoms with E-state index in [1.165, 1.54) is 16.3 Å². The molecule has 1 aromatic heterocycles. The van der Waals surface area contributed by atoms with E-state index >= 15 is 0 Å². The molecule has 0 spiro atoms. The third-order valence-electron chi connectivity index (χ3n) is 3.74. The van der Waals surface area contributed by atoms with Gasteiger partial charge in [-0.3, -0.25) is 0 Å². The lowest BCUT2D eigenvalue weighted by atomic mass is 10.1. The maximum absolute atomic E-state index is 6.31. The largest absolute Gasteiger partial charge is 0.308 e. The molecular weight excluding hydrogens is 346 g/mol. The molecule has 21 heavy (non-hydrogen) atoms. The molecule has 0 unspecified atom stereocenters. The van der Waals surface area contributed by atoms with Gasteiger partial charge in [-0.15, -0.1) is 0 Å². The van der Waals surface area contributed by atoms with Gasteiger partial charge in [0.1, 0.15) is 0 Å². The maximum atomic E-state index is 6.31. The first-order valence-electron chi connectivity index (χ1n) is 6.70. The van der Waals surface area contributed by atoms with Crippen molar-refractivity contribution in [1.29, 1.82) is 0 Å². The summed E-state index contributed by atoms with van der Waals surface area (Å²) in [7, 11) is 0. The Balaban J connectivity index is 2.28. The minimum Gasteiger partial charge on any atom is -0.308 e. The zero-order chi connectivity index (χ0) is 14.4. The summed E-state index contributed by atoms with van der Waals surface area (Å²) in [5.41, 5.74) is 3.42. The molecule has 4 rings (SSSR count). The minimum absolute atomic E-state index is 0.725. The van der Waals surface area contributed by atoms with Crippen molar-refractivity contribution in [3.8, 4) is 5.69 Å². The van der Waals surface area contributed by atoms with Gasteiger partial charge in [0.25, 0.3) is 0 Å². The summed E-state index contributed by atoms with van der Waals surface area (Å²) < 4.78 is 3.18. The summed E-state index contributed by atoms with van der Waals surface area (Å²) in [4.78, 5) is 0. The number of rotatable bonds is 1. The van der Waals surface area contributed by atoms with E-state index < -0.39 is 0 Å². The van der Waals surface area contributed by atoms with Crippen molar-refractivity contribution in [2.75, 3.05) is 0 Å². The number of halogens is 2. The van der Waals surface area contributed by atoms with Crippen molar-refractivity contribution in [3.05, 3.63) is 76.2 Å². The van der Waals surface area contributed by atoms with Crippen molar-refractivity contribution in [1.82, 2.24) is 4.57 Å². The number of benzene rings is 3. The normalized spacial score (nSPS) is 11.3. The Morgan fingerprint density at radius 3 is 2.29 bits per heavy atom. The second-order valence-electron chi connectivity index (χ2n) is 4.95. The maximum Gasteiger partial charge on any atom is 0.0698 e. The van der Waals surface area contributed by atoms with E-state index in [0.29, 0.717) is 0 Å². The van der Waals surface area contributed by atoms with Gasteiger partial charge in [-0.25, -0.2) is 0 Å². The molecule has 0 amide bonds. The number of hydrogen-bond acceptors (Lipinski definition) is 0. The van der Waals surface area contributed by atoms with E-state index in [1.54, 1.807) is 0 Å². The van der Waals surface area contributed by atoms with Crippen LogP contribution in [0.3, 0.4) is 0 Å². The molecule has 0 saturated carbocycles. The monoisotopic (exact) mass is 355 g/mol. The minimum atomic E-state index is 0.725. The summed E-state index contributed by atoms with van der Waals surface area (Å²) in [6.07, 6.45) is 0. The molecule has 0 bridgehead atoms. The average molecular weight is 357 g/mol. The van der Waals surface area contributed by atoms with Crippen LogP contribution in [0.25, 0.3) is 27.5 Å². The predicted octanol–water partition coefficient (Wildman–Crippen LogP) is 6.20. The van der Waals surface area contributed by atoms with Gasteiger partial charge in [0, 0.05) is 16.5 Å². The average Bonchev–Trinajstić information content (AvgIpc) is 2.87. The van der Waals surface area contributed by atoms with Gasteiger partial charge in [0.15, 0.2) is 0 Å². The van der Waals surface area contributed by atoms with Gasteiger partial charge in [-0.2, -0.15) is 0 Å². The van der Waals surface area contributed by atoms with Crippen LogP contribution in [0, 0.1) is 0 Å². The molecule has 0 aliphatic heterocycles. The fourth-order valence-corrected chi connectivity index (χ4v) is 3.51. The fraction of sp³-hybridized carbons (Fsp3) is 0. The highest BCUT2D eigenvalue weighted by molar-refractivity contribution is 9.10. The standard InChI is InChI=1S/C18H11BrClN/c19-17-15(20)11-10-14-13-8-4-5-9-16(13)21(18(14)17)12-6-2-1-3-7-12/h1-11H. The van der Waals surface area contributed by atoms with Gasteiger partial charge in [0.2, 0.25) is 0 Å². The molecule has 0 atom stereocenters. The molecular formula is C18H11BrClN. The van der Waals surface area contributed by atoms with Gasteiger partial charge in [0.05, 0.1) is 20.5 Å². The Morgan fingerprint density at radius 1 is 0.762 bits per heavy atom. The van der Waals surface area contributed by atoms with Crippen LogP contribution in [0.4, 0.5) is 0 Å². The summed E-state index contributed by atoms with van der Waals surface area (Å²) >= 11 is 9.97. The summed E-state index contributed by atoms with van der Waals surface area (Å²) in [5.74, 6) is 0. The van der Waals surface area contributed by atoms with E-state index in [0.717, 1.165) is 20.7 Å². The number of fused-ring (bicyclic) bond motifs is 3. The van der Waals surface area contributed by atoms with Crippen LogP contribution in [-0.4, -0.2) is 4.57 Å². The SMILES string of the molecule is Clc1ccc2c3ccccc3n(-c3ccccc3)c2c1Br. The van der Waals surface area contributed by atoms with Crippen molar-refractivity contribution in [2.24, 2.45) is 0 Å². The Bertz CT molecular complexity index is 957. The zero-order valence-electron chi connectivity index (χ0n) is 11.1. The Hall–Kier alpha value is -1.77. The van der Waals surface area contributed by atoms with Gasteiger partial charge in [-0.05, 0) is 40.2 Å². The molecule has 102 valence electrons. The lowest BCUT2D eigenvalue weighted by Gasteiger charge is -2.09. The van der Waals surface area contributed by atoms with Crippen LogP contribution in [0.2, 0.25) is 5.02 Å². The third kappa shape index (κ3) is 1.90. The first kappa shape index (κ1) is 12.9. The zero-order valence-corrected chi connectivity index (χ0v) is 13.4. The van der Waals surface area contributed by atoms with E-state index in [1.807, 2.05) is 24.3 Å². The molecule has 3 heteroatoms. The van der Waals surface area contributed by atoms with Crippen LogP contribution in [0.5, 0.6) is 0 Å². The van der Waals surface area contributed by atoms with Crippen LogP contribution >= 0.6 is 27.5 Å². The summed E-state index contributed by atoms with van der Waals surface area (Å²) in [6, 6.07) is 22.8. The third-order valence-corrected chi connectivity index (χ3v) is 5.09. The van der Waals surface area contributed by atoms with E-state index in [4.69, 9.17) is 11.6 Å². The molecule has 0 N–H and O–H groups in total. The summed E-state index contributed by atoms with van der Waals surface area (Å²) in [5, 5.41) is 3.15. The van der Waals surface area contributed by atoms with Gasteiger partial charge in [-0.1, -0.05) is 54.1 Å². The Morgan fingerprint density at radius 2 is 1.48 bits per heavy atom. The van der Waals surface area contributed by atoms with Crippen molar-refractivity contribution >= 4 is 49.3 Å². The second-order valence-corrected chi connectivity index (χ2v) is 6.15. The number of hydrogen-bond donors (Lipinski definition) is 0. The predicted molar refractivity (Wildman–Crippen MR) is 93.5 cm³/mol. The number of aromatic nitrogens is 1. The van der Waals surface area contributed by atoms with Crippen LogP contribution in [0.1, 0.15) is 0 Å². The number of nitrogens with zero attached hydrogens (tertiary/aromatic N) is 1. The Kier molecular flexibility index (Phi) is 3.02. The van der Waals surface area contributed by atoms with Crippen LogP contribution in [-0.2, 0) is 0 Å². The lowest BCUT2D eigenvalue weighted by molar-refractivity contribution is 1.18. The van der Waals surface area contributed by atoms with Gasteiger partial charge < -0.3 is 4.57 Å². The second kappa shape index (κ2) is 4.90. The topological polar surface area (TPSA) is 4.93 Å². The van der Waals surface area contributed by atoms with E-state index in [9.17, 15) is 0 Å². The van der Waals surface area contributed by atoms with Crippen molar-refractivity contribution < 1.29 is 0 Å². The number of para-hydroxylation sites is 2. The van der Waals surface area contributed by atoms with E-state index in [-0.39, 0.29) is 0 Å². The smallest absolute Gasteiger partial charge is 0.0698 e. The van der Waals surface area contributed by atoms with Crippen molar-refractivity contribution in [3.63, 3.8) is 0 Å². The van der Waals surface area contributed by atoms with E-state index in [2.05, 4.69) is 63.0 Å². The molecule has 1 heterocycles. The molecule has 4 aromatic rings.